The van der Waals surface area contributed by atoms with Gasteiger partial charge in [-0.05, 0) is 42.9 Å². The summed E-state index contributed by atoms with van der Waals surface area (Å²) >= 11 is 0. The molecule has 8 nitrogen and oxygen atoms in total. The van der Waals surface area contributed by atoms with Crippen molar-refractivity contribution in [3.8, 4) is 0 Å². The third-order valence-corrected chi connectivity index (χ3v) is 5.92. The van der Waals surface area contributed by atoms with Gasteiger partial charge in [0.05, 0.1) is 0 Å². The number of nitrogens with one attached hydrogen (secondary N) is 3. The SMILES string of the molecule is CC(C)CC(NC(=O)c1ccccc1)C(=O)N1CCC[C@H]1C(=O)NCc1ccc(C(=N)N)cc1. The molecule has 2 aromatic rings. The summed E-state index contributed by atoms with van der Waals surface area (Å²) < 4.78 is 0. The molecule has 0 bridgehead atoms. The number of nitrogens with zero attached hydrogens (tertiary/aromatic N) is 1. The first-order valence-electron chi connectivity index (χ1n) is 11.6. The quantitative estimate of drug-likeness (QED) is 0.336. The lowest BCUT2D eigenvalue weighted by Gasteiger charge is -2.29. The molecule has 1 heterocycles. The fourth-order valence-corrected chi connectivity index (χ4v) is 4.14. The maximum Gasteiger partial charge on any atom is 0.251 e. The summed E-state index contributed by atoms with van der Waals surface area (Å²) in [6.45, 7) is 4.80. The van der Waals surface area contributed by atoms with E-state index in [2.05, 4.69) is 10.6 Å². The van der Waals surface area contributed by atoms with Gasteiger partial charge < -0.3 is 21.3 Å². The van der Waals surface area contributed by atoms with Crippen molar-refractivity contribution in [3.63, 3.8) is 0 Å². The highest BCUT2D eigenvalue weighted by molar-refractivity contribution is 5.98. The predicted molar refractivity (Wildman–Crippen MR) is 131 cm³/mol. The minimum atomic E-state index is -0.694. The van der Waals surface area contributed by atoms with Gasteiger partial charge in [-0.3, -0.25) is 19.8 Å². The molecule has 1 saturated heterocycles. The summed E-state index contributed by atoms with van der Waals surface area (Å²) in [5.74, 6) is -0.543. The van der Waals surface area contributed by atoms with E-state index in [1.54, 1.807) is 41.3 Å². The standard InChI is InChI=1S/C26H33N5O3/c1-17(2)15-21(30-24(32)20-7-4-3-5-8-20)26(34)31-14-6-9-22(31)25(33)29-16-18-10-12-19(13-11-18)23(27)28/h3-5,7-8,10-13,17,21-22H,6,9,14-16H2,1-2H3,(H3,27,28)(H,29,33)(H,30,32)/t21?,22-/m0/s1. The zero-order valence-corrected chi connectivity index (χ0v) is 19.7. The summed E-state index contributed by atoms with van der Waals surface area (Å²) in [6.07, 6.45) is 1.81. The number of benzene rings is 2. The van der Waals surface area contributed by atoms with E-state index in [9.17, 15) is 14.4 Å². The van der Waals surface area contributed by atoms with Crippen molar-refractivity contribution in [2.45, 2.75) is 51.7 Å². The van der Waals surface area contributed by atoms with Crippen LogP contribution in [-0.4, -0.2) is 47.1 Å². The summed E-state index contributed by atoms with van der Waals surface area (Å²) in [5.41, 5.74) is 7.47. The Labute approximate surface area is 200 Å². The average molecular weight is 464 g/mol. The second-order valence-corrected chi connectivity index (χ2v) is 9.04. The van der Waals surface area contributed by atoms with Gasteiger partial charge in [-0.25, -0.2) is 0 Å². The van der Waals surface area contributed by atoms with Crippen LogP contribution in [0.3, 0.4) is 0 Å². The number of hydrogen-bond acceptors (Lipinski definition) is 4. The smallest absolute Gasteiger partial charge is 0.251 e. The zero-order chi connectivity index (χ0) is 24.7. The number of hydrogen-bond donors (Lipinski definition) is 4. The second-order valence-electron chi connectivity index (χ2n) is 9.04. The lowest BCUT2D eigenvalue weighted by atomic mass is 10.0. The molecular formula is C26H33N5O3. The molecule has 0 saturated carbocycles. The largest absolute Gasteiger partial charge is 0.384 e. The van der Waals surface area contributed by atoms with Gasteiger partial charge in [-0.2, -0.15) is 0 Å². The van der Waals surface area contributed by atoms with Gasteiger partial charge in [0.2, 0.25) is 11.8 Å². The summed E-state index contributed by atoms with van der Waals surface area (Å²) in [5, 5.41) is 13.3. The second kappa shape index (κ2) is 11.4. The molecule has 3 amide bonds. The summed E-state index contributed by atoms with van der Waals surface area (Å²) in [7, 11) is 0. The fraction of sp³-hybridized carbons (Fsp3) is 0.385. The van der Waals surface area contributed by atoms with Crippen molar-refractivity contribution >= 4 is 23.6 Å². The van der Waals surface area contributed by atoms with E-state index in [0.717, 1.165) is 12.0 Å². The van der Waals surface area contributed by atoms with E-state index in [4.69, 9.17) is 11.1 Å². The van der Waals surface area contributed by atoms with E-state index in [-0.39, 0.29) is 29.5 Å². The Morgan fingerprint density at radius 1 is 1.06 bits per heavy atom. The van der Waals surface area contributed by atoms with Crippen molar-refractivity contribution in [2.24, 2.45) is 11.7 Å². The van der Waals surface area contributed by atoms with Gasteiger partial charge in [0.25, 0.3) is 5.91 Å². The van der Waals surface area contributed by atoms with Crippen LogP contribution in [0.1, 0.15) is 54.6 Å². The number of likely N-dealkylation sites (tertiary alicyclic amines) is 1. The number of carbonyl (C=O) groups is 3. The number of nitrogen functional groups attached to an aromatic ring is 1. The zero-order valence-electron chi connectivity index (χ0n) is 19.7. The first-order valence-corrected chi connectivity index (χ1v) is 11.6. The highest BCUT2D eigenvalue weighted by Crippen LogP contribution is 2.21. The molecule has 2 atom stereocenters. The monoisotopic (exact) mass is 463 g/mol. The molecule has 3 rings (SSSR count). The summed E-state index contributed by atoms with van der Waals surface area (Å²) in [6, 6.07) is 14.7. The van der Waals surface area contributed by atoms with E-state index in [1.807, 2.05) is 32.0 Å². The Kier molecular flexibility index (Phi) is 8.40. The van der Waals surface area contributed by atoms with Crippen LogP contribution in [0.15, 0.2) is 54.6 Å². The molecular weight excluding hydrogens is 430 g/mol. The average Bonchev–Trinajstić information content (AvgIpc) is 3.32. The van der Waals surface area contributed by atoms with E-state index in [0.29, 0.717) is 37.1 Å². The minimum absolute atomic E-state index is 0.00833. The Morgan fingerprint density at radius 3 is 2.35 bits per heavy atom. The van der Waals surface area contributed by atoms with Gasteiger partial charge in [0.15, 0.2) is 0 Å². The molecule has 0 spiro atoms. The molecule has 2 aromatic carbocycles. The molecule has 1 fully saturated rings. The first kappa shape index (κ1) is 25.0. The minimum Gasteiger partial charge on any atom is -0.384 e. The van der Waals surface area contributed by atoms with Crippen LogP contribution in [0, 0.1) is 11.3 Å². The lowest BCUT2D eigenvalue weighted by molar-refractivity contribution is -0.140. The number of rotatable bonds is 9. The van der Waals surface area contributed by atoms with Crippen molar-refractivity contribution in [1.82, 2.24) is 15.5 Å². The Morgan fingerprint density at radius 2 is 1.74 bits per heavy atom. The molecule has 180 valence electrons. The van der Waals surface area contributed by atoms with Crippen LogP contribution in [0.25, 0.3) is 0 Å². The molecule has 1 aliphatic rings. The van der Waals surface area contributed by atoms with Crippen molar-refractivity contribution in [3.05, 3.63) is 71.3 Å². The van der Waals surface area contributed by atoms with E-state index < -0.39 is 12.1 Å². The topological polar surface area (TPSA) is 128 Å². The Bertz CT molecular complexity index is 1020. The van der Waals surface area contributed by atoms with Gasteiger partial charge in [0.1, 0.15) is 17.9 Å². The molecule has 1 aliphatic heterocycles. The summed E-state index contributed by atoms with van der Waals surface area (Å²) in [4.78, 5) is 40.7. The molecule has 1 unspecified atom stereocenters. The van der Waals surface area contributed by atoms with Crippen molar-refractivity contribution in [2.75, 3.05) is 6.54 Å². The molecule has 8 heteroatoms. The normalized spacial score (nSPS) is 16.2. The van der Waals surface area contributed by atoms with Crippen molar-refractivity contribution < 1.29 is 14.4 Å². The number of amidine groups is 1. The third-order valence-electron chi connectivity index (χ3n) is 5.92. The predicted octanol–water partition coefficient (Wildman–Crippen LogP) is 2.42. The lowest BCUT2D eigenvalue weighted by Crippen LogP contribution is -2.53. The van der Waals surface area contributed by atoms with Gasteiger partial charge in [0, 0.05) is 24.2 Å². The number of nitrogens with two attached hydrogens (primary N) is 1. The van der Waals surface area contributed by atoms with Crippen LogP contribution >= 0.6 is 0 Å². The van der Waals surface area contributed by atoms with Gasteiger partial charge in [-0.15, -0.1) is 0 Å². The van der Waals surface area contributed by atoms with Crippen LogP contribution in [0.4, 0.5) is 0 Å². The van der Waals surface area contributed by atoms with E-state index >= 15 is 0 Å². The highest BCUT2D eigenvalue weighted by atomic mass is 16.2. The number of amides is 3. The Balaban J connectivity index is 1.65. The van der Waals surface area contributed by atoms with Crippen LogP contribution in [0.5, 0.6) is 0 Å². The molecule has 5 N–H and O–H groups in total. The maximum absolute atomic E-state index is 13.4. The molecule has 0 aliphatic carbocycles. The number of carbonyl (C=O) groups excluding carboxylic acids is 3. The Hall–Kier alpha value is -3.68. The third kappa shape index (κ3) is 6.43. The van der Waals surface area contributed by atoms with Crippen LogP contribution < -0.4 is 16.4 Å². The first-order chi connectivity index (χ1) is 16.3. The van der Waals surface area contributed by atoms with Gasteiger partial charge in [-0.1, -0.05) is 56.3 Å². The molecule has 0 radical (unpaired) electrons. The van der Waals surface area contributed by atoms with Crippen LogP contribution in [0.2, 0.25) is 0 Å². The van der Waals surface area contributed by atoms with Crippen LogP contribution in [-0.2, 0) is 16.1 Å². The van der Waals surface area contributed by atoms with Crippen molar-refractivity contribution in [1.29, 1.82) is 5.41 Å². The molecule has 0 aromatic heterocycles. The maximum atomic E-state index is 13.4. The fourth-order valence-electron chi connectivity index (χ4n) is 4.14. The highest BCUT2D eigenvalue weighted by Gasteiger charge is 2.37. The van der Waals surface area contributed by atoms with E-state index in [1.165, 1.54) is 0 Å². The van der Waals surface area contributed by atoms with Gasteiger partial charge >= 0.3 is 0 Å². The molecule has 34 heavy (non-hydrogen) atoms.